The van der Waals surface area contributed by atoms with Crippen LogP contribution < -0.4 is 11.5 Å². The maximum absolute atomic E-state index is 5.62. The Balaban J connectivity index is 3.10. The van der Waals surface area contributed by atoms with Gasteiger partial charge in [0, 0.05) is 11.9 Å². The Morgan fingerprint density at radius 1 is 1.75 bits per heavy atom. The summed E-state index contributed by atoms with van der Waals surface area (Å²) in [5.41, 5.74) is 12.9. The van der Waals surface area contributed by atoms with Crippen molar-refractivity contribution >= 4 is 11.7 Å². The highest BCUT2D eigenvalue weighted by Crippen LogP contribution is 2.11. The van der Waals surface area contributed by atoms with E-state index in [0.29, 0.717) is 11.7 Å². The van der Waals surface area contributed by atoms with Crippen LogP contribution in [0.1, 0.15) is 11.3 Å². The summed E-state index contributed by atoms with van der Waals surface area (Å²) in [5.74, 6) is 0.919. The van der Waals surface area contributed by atoms with E-state index in [1.54, 1.807) is 0 Å². The van der Waals surface area contributed by atoms with E-state index >= 15 is 0 Å². The van der Waals surface area contributed by atoms with Gasteiger partial charge < -0.3 is 16.5 Å². The molecule has 0 radical (unpaired) electrons. The van der Waals surface area contributed by atoms with Gasteiger partial charge in [0.15, 0.2) is 0 Å². The number of aliphatic imine (C=N–C) groups is 1. The SMILES string of the molecule is C=CN=C(N)c1cc(C)[nH]c1N. The molecule has 1 aromatic heterocycles. The highest BCUT2D eigenvalue weighted by atomic mass is 14.9. The molecule has 0 unspecified atom stereocenters. The summed E-state index contributed by atoms with van der Waals surface area (Å²) in [6.07, 6.45) is 1.39. The summed E-state index contributed by atoms with van der Waals surface area (Å²) in [6.45, 7) is 5.35. The van der Waals surface area contributed by atoms with Crippen molar-refractivity contribution in [3.8, 4) is 0 Å². The Labute approximate surface area is 71.0 Å². The quantitative estimate of drug-likeness (QED) is 0.445. The summed E-state index contributed by atoms with van der Waals surface area (Å²) in [6, 6.07) is 1.84. The van der Waals surface area contributed by atoms with Crippen LogP contribution in [0.25, 0.3) is 0 Å². The Hall–Kier alpha value is -1.71. The predicted molar refractivity (Wildman–Crippen MR) is 50.9 cm³/mol. The van der Waals surface area contributed by atoms with Crippen LogP contribution in [-0.2, 0) is 0 Å². The number of nitrogens with zero attached hydrogens (tertiary/aromatic N) is 1. The van der Waals surface area contributed by atoms with Crippen molar-refractivity contribution in [3.63, 3.8) is 0 Å². The number of aromatic amines is 1. The van der Waals surface area contributed by atoms with E-state index in [0.717, 1.165) is 11.3 Å². The maximum Gasteiger partial charge on any atom is 0.134 e. The van der Waals surface area contributed by atoms with Crippen molar-refractivity contribution in [2.24, 2.45) is 10.7 Å². The van der Waals surface area contributed by atoms with Gasteiger partial charge in [0.25, 0.3) is 0 Å². The summed E-state index contributed by atoms with van der Waals surface area (Å²) in [7, 11) is 0. The monoisotopic (exact) mass is 164 g/mol. The molecule has 0 saturated heterocycles. The minimum Gasteiger partial charge on any atom is -0.385 e. The molecule has 1 aromatic rings. The molecule has 0 bridgehead atoms. The Bertz CT molecular complexity index is 322. The normalized spacial score (nSPS) is 11.6. The van der Waals surface area contributed by atoms with Gasteiger partial charge in [-0.25, -0.2) is 4.99 Å². The number of anilines is 1. The molecule has 0 spiro atoms. The molecule has 4 heteroatoms. The lowest BCUT2D eigenvalue weighted by molar-refractivity contribution is 1.27. The zero-order valence-corrected chi connectivity index (χ0v) is 6.96. The van der Waals surface area contributed by atoms with Gasteiger partial charge in [0.2, 0.25) is 0 Å². The van der Waals surface area contributed by atoms with Gasteiger partial charge in [-0.3, -0.25) is 0 Å². The van der Waals surface area contributed by atoms with Crippen LogP contribution in [0, 0.1) is 6.92 Å². The van der Waals surface area contributed by atoms with Crippen LogP contribution in [-0.4, -0.2) is 10.8 Å². The lowest BCUT2D eigenvalue weighted by Gasteiger charge is -1.95. The average molecular weight is 164 g/mol. The topological polar surface area (TPSA) is 80.2 Å². The largest absolute Gasteiger partial charge is 0.385 e. The zero-order valence-electron chi connectivity index (χ0n) is 6.96. The van der Waals surface area contributed by atoms with Gasteiger partial charge in [-0.15, -0.1) is 0 Å². The first-order chi connectivity index (χ1) is 5.65. The molecule has 64 valence electrons. The molecular weight excluding hydrogens is 152 g/mol. The van der Waals surface area contributed by atoms with E-state index in [4.69, 9.17) is 11.5 Å². The van der Waals surface area contributed by atoms with E-state index in [2.05, 4.69) is 16.6 Å². The zero-order chi connectivity index (χ0) is 9.14. The molecule has 1 heterocycles. The lowest BCUT2D eigenvalue weighted by atomic mass is 10.3. The van der Waals surface area contributed by atoms with Crippen molar-refractivity contribution in [3.05, 3.63) is 30.1 Å². The minimum absolute atomic E-state index is 0.381. The summed E-state index contributed by atoms with van der Waals surface area (Å²) >= 11 is 0. The molecule has 4 nitrogen and oxygen atoms in total. The molecule has 0 aliphatic carbocycles. The standard InChI is InChI=1S/C8H12N4/c1-3-11-7(9)6-4-5(2)12-8(6)10/h3-4,12H,1,10H2,2H3,(H2,9,11). The number of nitrogens with one attached hydrogen (secondary N) is 1. The number of nitrogen functional groups attached to an aromatic ring is 1. The number of amidine groups is 1. The van der Waals surface area contributed by atoms with E-state index in [1.165, 1.54) is 6.20 Å². The number of H-pyrrole nitrogens is 1. The van der Waals surface area contributed by atoms with Gasteiger partial charge in [-0.2, -0.15) is 0 Å². The molecule has 0 aromatic carbocycles. The number of aromatic nitrogens is 1. The molecular formula is C8H12N4. The third-order valence-corrected chi connectivity index (χ3v) is 1.49. The van der Waals surface area contributed by atoms with Crippen molar-refractivity contribution in [1.82, 2.24) is 4.98 Å². The fraction of sp³-hybridized carbons (Fsp3) is 0.125. The number of nitrogens with two attached hydrogens (primary N) is 2. The van der Waals surface area contributed by atoms with Gasteiger partial charge >= 0.3 is 0 Å². The number of hydrogen-bond acceptors (Lipinski definition) is 2. The second kappa shape index (κ2) is 3.13. The van der Waals surface area contributed by atoms with Crippen LogP contribution in [0.15, 0.2) is 23.8 Å². The molecule has 5 N–H and O–H groups in total. The second-order valence-electron chi connectivity index (χ2n) is 2.48. The fourth-order valence-electron chi connectivity index (χ4n) is 0.990. The molecule has 0 aliphatic rings. The van der Waals surface area contributed by atoms with Gasteiger partial charge in [0.1, 0.15) is 11.7 Å². The van der Waals surface area contributed by atoms with Crippen LogP contribution in [0.2, 0.25) is 0 Å². The van der Waals surface area contributed by atoms with Crippen molar-refractivity contribution in [1.29, 1.82) is 0 Å². The van der Waals surface area contributed by atoms with Gasteiger partial charge in [-0.05, 0) is 13.0 Å². The number of aryl methyl sites for hydroxylation is 1. The highest BCUT2D eigenvalue weighted by Gasteiger charge is 2.05. The van der Waals surface area contributed by atoms with Gasteiger partial charge in [-0.1, -0.05) is 6.58 Å². The third-order valence-electron chi connectivity index (χ3n) is 1.49. The highest BCUT2D eigenvalue weighted by molar-refractivity contribution is 6.01. The van der Waals surface area contributed by atoms with Crippen LogP contribution in [0.4, 0.5) is 5.82 Å². The molecule has 0 atom stereocenters. The average Bonchev–Trinajstić information content (AvgIpc) is 2.30. The van der Waals surface area contributed by atoms with E-state index in [1.807, 2.05) is 13.0 Å². The second-order valence-corrected chi connectivity index (χ2v) is 2.48. The molecule has 0 aliphatic heterocycles. The summed E-state index contributed by atoms with van der Waals surface area (Å²) in [4.78, 5) is 6.76. The maximum atomic E-state index is 5.62. The molecule has 1 rings (SSSR count). The van der Waals surface area contributed by atoms with E-state index in [-0.39, 0.29) is 0 Å². The first-order valence-corrected chi connectivity index (χ1v) is 3.54. The first-order valence-electron chi connectivity index (χ1n) is 3.54. The predicted octanol–water partition coefficient (Wildman–Crippen LogP) is 0.754. The van der Waals surface area contributed by atoms with Crippen molar-refractivity contribution in [2.45, 2.75) is 6.92 Å². The Morgan fingerprint density at radius 2 is 2.42 bits per heavy atom. The Morgan fingerprint density at radius 3 is 2.83 bits per heavy atom. The molecule has 0 saturated carbocycles. The first kappa shape index (κ1) is 8.39. The minimum atomic E-state index is 0.381. The number of hydrogen-bond donors (Lipinski definition) is 3. The van der Waals surface area contributed by atoms with Crippen LogP contribution in [0.5, 0.6) is 0 Å². The van der Waals surface area contributed by atoms with Crippen LogP contribution >= 0.6 is 0 Å². The summed E-state index contributed by atoms with van der Waals surface area (Å²) in [5, 5.41) is 0. The third kappa shape index (κ3) is 1.47. The van der Waals surface area contributed by atoms with Crippen molar-refractivity contribution in [2.75, 3.05) is 5.73 Å². The summed E-state index contributed by atoms with van der Waals surface area (Å²) < 4.78 is 0. The molecule has 0 amide bonds. The number of rotatable bonds is 2. The fourth-order valence-corrected chi connectivity index (χ4v) is 0.990. The molecule has 12 heavy (non-hydrogen) atoms. The van der Waals surface area contributed by atoms with Crippen molar-refractivity contribution < 1.29 is 0 Å². The lowest BCUT2D eigenvalue weighted by Crippen LogP contribution is -2.13. The molecule has 0 fully saturated rings. The van der Waals surface area contributed by atoms with E-state index in [9.17, 15) is 0 Å². The van der Waals surface area contributed by atoms with Crippen LogP contribution in [0.3, 0.4) is 0 Å². The Kier molecular flexibility index (Phi) is 2.19. The van der Waals surface area contributed by atoms with E-state index < -0.39 is 0 Å². The smallest absolute Gasteiger partial charge is 0.134 e. The van der Waals surface area contributed by atoms with Gasteiger partial charge in [0.05, 0.1) is 5.56 Å².